The van der Waals surface area contributed by atoms with E-state index in [1.165, 1.54) is 0 Å². The van der Waals surface area contributed by atoms with E-state index in [0.29, 0.717) is 12.2 Å². The molecule has 0 unspecified atom stereocenters. The van der Waals surface area contributed by atoms with Crippen LogP contribution in [-0.2, 0) is 4.79 Å². The molecule has 0 aliphatic heterocycles. The van der Waals surface area contributed by atoms with Gasteiger partial charge in [0.25, 0.3) is 0 Å². The third-order valence-corrected chi connectivity index (χ3v) is 4.44. The summed E-state index contributed by atoms with van der Waals surface area (Å²) in [5.74, 6) is 0.192. The Balaban J connectivity index is 2.93. The average molecular weight is 480 g/mol. The first-order chi connectivity index (χ1) is 7.45. The molecule has 0 heterocycles. The van der Waals surface area contributed by atoms with Crippen LogP contribution in [-0.4, -0.2) is 10.8 Å². The van der Waals surface area contributed by atoms with Crippen molar-refractivity contribution in [3.8, 4) is 5.75 Å². The van der Waals surface area contributed by atoms with Gasteiger partial charge in [0.15, 0.2) is 5.75 Å². The zero-order valence-electron chi connectivity index (χ0n) is 8.27. The summed E-state index contributed by atoms with van der Waals surface area (Å²) in [4.78, 5) is 11.3. The standard InChI is InChI=1S/C10H8Br4O2/c1-2-6(12)10(15)16-9-7(13)3-5(11)4-8(9)14/h3-4,6H,2H2,1H3/t6-/m0/s1. The lowest BCUT2D eigenvalue weighted by Gasteiger charge is -2.11. The lowest BCUT2D eigenvalue weighted by molar-refractivity contribution is -0.133. The molecule has 0 fully saturated rings. The highest BCUT2D eigenvalue weighted by Gasteiger charge is 2.18. The van der Waals surface area contributed by atoms with Crippen molar-refractivity contribution >= 4 is 69.7 Å². The Bertz CT molecular complexity index is 383. The summed E-state index contributed by atoms with van der Waals surface area (Å²) in [6, 6.07) is 3.64. The van der Waals surface area contributed by atoms with Crippen LogP contribution in [0.4, 0.5) is 0 Å². The third kappa shape index (κ3) is 3.82. The minimum absolute atomic E-state index is 0.282. The lowest BCUT2D eigenvalue weighted by atomic mass is 10.3. The van der Waals surface area contributed by atoms with E-state index in [9.17, 15) is 4.79 Å². The lowest BCUT2D eigenvalue weighted by Crippen LogP contribution is -2.19. The minimum Gasteiger partial charge on any atom is -0.423 e. The second-order valence-electron chi connectivity index (χ2n) is 3.00. The molecule has 0 saturated carbocycles. The van der Waals surface area contributed by atoms with Crippen molar-refractivity contribution in [3.63, 3.8) is 0 Å². The Morgan fingerprint density at radius 2 is 1.81 bits per heavy atom. The molecule has 0 spiro atoms. The van der Waals surface area contributed by atoms with Crippen molar-refractivity contribution < 1.29 is 9.53 Å². The largest absolute Gasteiger partial charge is 0.423 e. The first-order valence-electron chi connectivity index (χ1n) is 4.46. The molecule has 2 nitrogen and oxygen atoms in total. The normalized spacial score (nSPS) is 12.3. The molecular weight excluding hydrogens is 472 g/mol. The molecule has 1 rings (SSSR count). The van der Waals surface area contributed by atoms with Crippen LogP contribution >= 0.6 is 63.7 Å². The van der Waals surface area contributed by atoms with Gasteiger partial charge in [0.05, 0.1) is 8.95 Å². The Hall–Kier alpha value is 0.610. The second-order valence-corrected chi connectivity index (χ2v) is 6.73. The molecule has 88 valence electrons. The van der Waals surface area contributed by atoms with Gasteiger partial charge in [-0.1, -0.05) is 38.8 Å². The zero-order valence-corrected chi connectivity index (χ0v) is 14.6. The van der Waals surface area contributed by atoms with Crippen molar-refractivity contribution in [2.45, 2.75) is 18.2 Å². The quantitative estimate of drug-likeness (QED) is 0.344. The molecule has 1 aromatic rings. The predicted molar refractivity (Wildman–Crippen MR) is 78.2 cm³/mol. The SMILES string of the molecule is CC[C@H](Br)C(=O)Oc1c(Br)cc(Br)cc1Br. The number of rotatable bonds is 3. The maximum Gasteiger partial charge on any atom is 0.325 e. The monoisotopic (exact) mass is 476 g/mol. The smallest absolute Gasteiger partial charge is 0.325 e. The third-order valence-electron chi connectivity index (χ3n) is 1.78. The van der Waals surface area contributed by atoms with Gasteiger partial charge in [-0.3, -0.25) is 4.79 Å². The number of hydrogen-bond donors (Lipinski definition) is 0. The molecule has 1 atom stereocenters. The van der Waals surface area contributed by atoms with Crippen molar-refractivity contribution in [2.75, 3.05) is 0 Å². The molecule has 0 radical (unpaired) electrons. The van der Waals surface area contributed by atoms with E-state index in [4.69, 9.17) is 4.74 Å². The number of ether oxygens (including phenoxy) is 1. The minimum atomic E-state index is -0.300. The van der Waals surface area contributed by atoms with Gasteiger partial charge in [0.1, 0.15) is 4.83 Å². The van der Waals surface area contributed by atoms with Crippen molar-refractivity contribution in [1.29, 1.82) is 0 Å². The van der Waals surface area contributed by atoms with Gasteiger partial charge in [-0.15, -0.1) is 0 Å². The summed E-state index contributed by atoms with van der Waals surface area (Å²) in [6.45, 7) is 1.91. The van der Waals surface area contributed by atoms with E-state index in [2.05, 4.69) is 63.7 Å². The number of benzene rings is 1. The highest BCUT2D eigenvalue weighted by Crippen LogP contribution is 2.36. The Morgan fingerprint density at radius 1 is 1.31 bits per heavy atom. The summed E-state index contributed by atoms with van der Waals surface area (Å²) in [5, 5.41) is 0. The van der Waals surface area contributed by atoms with E-state index < -0.39 is 0 Å². The average Bonchev–Trinajstić information content (AvgIpc) is 2.21. The topological polar surface area (TPSA) is 26.3 Å². The van der Waals surface area contributed by atoms with Crippen molar-refractivity contribution in [2.24, 2.45) is 0 Å². The van der Waals surface area contributed by atoms with Crippen LogP contribution in [0.1, 0.15) is 13.3 Å². The number of carbonyl (C=O) groups is 1. The molecule has 0 aliphatic rings. The van der Waals surface area contributed by atoms with Gasteiger partial charge in [0.2, 0.25) is 0 Å². The van der Waals surface area contributed by atoms with E-state index in [-0.39, 0.29) is 10.8 Å². The summed E-state index contributed by atoms with van der Waals surface area (Å²) in [5.41, 5.74) is 0. The van der Waals surface area contributed by atoms with Crippen molar-refractivity contribution in [1.82, 2.24) is 0 Å². The molecular formula is C10H8Br4O2. The fourth-order valence-corrected chi connectivity index (χ4v) is 3.47. The molecule has 6 heteroatoms. The number of carbonyl (C=O) groups excluding carboxylic acids is 1. The fourth-order valence-electron chi connectivity index (χ4n) is 0.958. The fraction of sp³-hybridized carbons (Fsp3) is 0.300. The maximum absolute atomic E-state index is 11.6. The van der Waals surface area contributed by atoms with Gasteiger partial charge in [-0.25, -0.2) is 0 Å². The molecule has 1 aromatic carbocycles. The maximum atomic E-state index is 11.6. The Kier molecular flexibility index (Phi) is 5.98. The molecule has 0 aliphatic carbocycles. The van der Waals surface area contributed by atoms with Crippen LogP contribution in [0.5, 0.6) is 5.75 Å². The van der Waals surface area contributed by atoms with Crippen LogP contribution in [0.25, 0.3) is 0 Å². The first kappa shape index (κ1) is 14.7. The number of hydrogen-bond acceptors (Lipinski definition) is 2. The molecule has 0 N–H and O–H groups in total. The summed E-state index contributed by atoms with van der Waals surface area (Å²) in [7, 11) is 0. The van der Waals surface area contributed by atoms with Gasteiger partial charge in [-0.05, 0) is 50.4 Å². The summed E-state index contributed by atoms with van der Waals surface area (Å²) < 4.78 is 7.62. The zero-order chi connectivity index (χ0) is 12.3. The molecule has 0 aromatic heterocycles. The second kappa shape index (κ2) is 6.52. The highest BCUT2D eigenvalue weighted by atomic mass is 79.9. The van der Waals surface area contributed by atoms with Gasteiger partial charge in [-0.2, -0.15) is 0 Å². The van der Waals surface area contributed by atoms with Crippen LogP contribution in [0, 0.1) is 0 Å². The number of esters is 1. The molecule has 0 amide bonds. The summed E-state index contributed by atoms with van der Waals surface area (Å²) in [6.07, 6.45) is 0.685. The summed E-state index contributed by atoms with van der Waals surface area (Å²) >= 11 is 13.3. The van der Waals surface area contributed by atoms with Crippen LogP contribution in [0.2, 0.25) is 0 Å². The first-order valence-corrected chi connectivity index (χ1v) is 7.75. The van der Waals surface area contributed by atoms with Gasteiger partial charge < -0.3 is 4.74 Å². The van der Waals surface area contributed by atoms with Gasteiger partial charge in [0, 0.05) is 4.47 Å². The van der Waals surface area contributed by atoms with Crippen LogP contribution in [0.15, 0.2) is 25.6 Å². The van der Waals surface area contributed by atoms with E-state index in [1.807, 2.05) is 19.1 Å². The van der Waals surface area contributed by atoms with Crippen LogP contribution in [0.3, 0.4) is 0 Å². The van der Waals surface area contributed by atoms with Crippen LogP contribution < -0.4 is 4.74 Å². The Labute approximate surface area is 128 Å². The molecule has 0 saturated heterocycles. The number of alkyl halides is 1. The Morgan fingerprint density at radius 3 is 2.25 bits per heavy atom. The number of halogens is 4. The predicted octanol–water partition coefficient (Wildman–Crippen LogP) is 5.05. The van der Waals surface area contributed by atoms with E-state index in [0.717, 1.165) is 13.4 Å². The molecule has 16 heavy (non-hydrogen) atoms. The van der Waals surface area contributed by atoms with Crippen molar-refractivity contribution in [3.05, 3.63) is 25.6 Å². The highest BCUT2D eigenvalue weighted by molar-refractivity contribution is 9.11. The van der Waals surface area contributed by atoms with Gasteiger partial charge >= 0.3 is 5.97 Å². The molecule has 0 bridgehead atoms. The van der Waals surface area contributed by atoms with E-state index in [1.54, 1.807) is 0 Å². The van der Waals surface area contributed by atoms with E-state index >= 15 is 0 Å².